The van der Waals surface area contributed by atoms with E-state index in [1.807, 2.05) is 40.6 Å². The molecule has 4 rings (SSSR count). The molecule has 2 aromatic carbocycles. The number of hydrogen-bond acceptors (Lipinski definition) is 5. The van der Waals surface area contributed by atoms with Crippen LogP contribution in [0, 0.1) is 0 Å². The molecule has 150 valence electrons. The second-order valence-electron chi connectivity index (χ2n) is 7.20. The Morgan fingerprint density at radius 3 is 2.59 bits per heavy atom. The monoisotopic (exact) mass is 407 g/mol. The minimum atomic E-state index is 0.0950. The van der Waals surface area contributed by atoms with E-state index in [2.05, 4.69) is 34.1 Å². The number of carbonyl (C=O) groups is 1. The van der Waals surface area contributed by atoms with E-state index in [-0.39, 0.29) is 5.91 Å². The Morgan fingerprint density at radius 1 is 1.00 bits per heavy atom. The zero-order valence-corrected chi connectivity index (χ0v) is 17.2. The number of benzene rings is 2. The third kappa shape index (κ3) is 5.43. The fourth-order valence-electron chi connectivity index (χ4n) is 3.52. The molecule has 5 nitrogen and oxygen atoms in total. The van der Waals surface area contributed by atoms with Crippen LogP contribution in [0.3, 0.4) is 0 Å². The van der Waals surface area contributed by atoms with Crippen molar-refractivity contribution in [3.8, 4) is 5.75 Å². The Labute approximate surface area is 175 Å². The Morgan fingerprint density at radius 2 is 1.83 bits per heavy atom. The number of nitrogens with zero attached hydrogens (tertiary/aromatic N) is 3. The van der Waals surface area contributed by atoms with E-state index in [0.717, 1.165) is 50.6 Å². The fourth-order valence-corrected chi connectivity index (χ4v) is 4.06. The van der Waals surface area contributed by atoms with Crippen LogP contribution in [-0.2, 0) is 13.2 Å². The molecule has 2 heterocycles. The maximum Gasteiger partial charge on any atom is 0.253 e. The number of hydrogen-bond donors (Lipinski definition) is 0. The van der Waals surface area contributed by atoms with Gasteiger partial charge in [-0.2, -0.15) is 0 Å². The topological polar surface area (TPSA) is 45.7 Å². The molecule has 0 radical (unpaired) electrons. The van der Waals surface area contributed by atoms with Crippen molar-refractivity contribution in [1.82, 2.24) is 14.8 Å². The Hall–Kier alpha value is -2.70. The molecule has 0 bridgehead atoms. The lowest BCUT2D eigenvalue weighted by molar-refractivity contribution is 0.0761. The number of thiazole rings is 1. The van der Waals surface area contributed by atoms with E-state index in [4.69, 9.17) is 4.74 Å². The molecular weight excluding hydrogens is 382 g/mol. The van der Waals surface area contributed by atoms with Crippen LogP contribution in [0.2, 0.25) is 0 Å². The first-order valence-electron chi connectivity index (χ1n) is 9.93. The second kappa shape index (κ2) is 9.67. The van der Waals surface area contributed by atoms with Crippen molar-refractivity contribution in [1.29, 1.82) is 0 Å². The van der Waals surface area contributed by atoms with Gasteiger partial charge in [-0.15, -0.1) is 11.3 Å². The lowest BCUT2D eigenvalue weighted by atomic mass is 10.2. The SMILES string of the molecule is O=C(c1ccc(OCc2cscn2)cc1)N1CCCN(Cc2ccccc2)CC1. The maximum atomic E-state index is 12.9. The predicted molar refractivity (Wildman–Crippen MR) is 115 cm³/mol. The van der Waals surface area contributed by atoms with Gasteiger partial charge in [0.05, 0.1) is 11.2 Å². The summed E-state index contributed by atoms with van der Waals surface area (Å²) < 4.78 is 5.73. The van der Waals surface area contributed by atoms with Gasteiger partial charge in [-0.25, -0.2) is 4.98 Å². The number of rotatable bonds is 6. The summed E-state index contributed by atoms with van der Waals surface area (Å²) in [5.74, 6) is 0.845. The van der Waals surface area contributed by atoms with Crippen LogP contribution in [0.4, 0.5) is 0 Å². The number of carbonyl (C=O) groups excluding carboxylic acids is 1. The fraction of sp³-hybridized carbons (Fsp3) is 0.304. The van der Waals surface area contributed by atoms with Crippen molar-refractivity contribution in [2.45, 2.75) is 19.6 Å². The lowest BCUT2D eigenvalue weighted by Crippen LogP contribution is -2.35. The van der Waals surface area contributed by atoms with Gasteiger partial charge in [0.1, 0.15) is 12.4 Å². The highest BCUT2D eigenvalue weighted by molar-refractivity contribution is 7.07. The predicted octanol–water partition coefficient (Wildman–Crippen LogP) is 4.07. The molecule has 0 N–H and O–H groups in total. The first-order chi connectivity index (χ1) is 14.3. The molecular formula is C23H25N3O2S. The van der Waals surface area contributed by atoms with Gasteiger partial charge >= 0.3 is 0 Å². The summed E-state index contributed by atoms with van der Waals surface area (Å²) in [5, 5.41) is 1.97. The van der Waals surface area contributed by atoms with Gasteiger partial charge in [-0.1, -0.05) is 30.3 Å². The average molecular weight is 408 g/mol. The molecule has 29 heavy (non-hydrogen) atoms. The average Bonchev–Trinajstić information content (AvgIpc) is 3.18. The summed E-state index contributed by atoms with van der Waals surface area (Å²) in [5.41, 5.74) is 4.74. The van der Waals surface area contributed by atoms with Crippen LogP contribution in [0.1, 0.15) is 28.0 Å². The van der Waals surface area contributed by atoms with Gasteiger partial charge in [0.2, 0.25) is 0 Å². The molecule has 0 saturated carbocycles. The lowest BCUT2D eigenvalue weighted by Gasteiger charge is -2.22. The number of amides is 1. The molecule has 0 unspecified atom stereocenters. The molecule has 1 aliphatic heterocycles. The summed E-state index contributed by atoms with van der Waals surface area (Å²) in [6.45, 7) is 4.85. The van der Waals surface area contributed by atoms with E-state index in [0.29, 0.717) is 12.2 Å². The first kappa shape index (κ1) is 19.6. The zero-order chi connectivity index (χ0) is 19.9. The Kier molecular flexibility index (Phi) is 6.54. The van der Waals surface area contributed by atoms with E-state index >= 15 is 0 Å². The van der Waals surface area contributed by atoms with E-state index in [1.54, 1.807) is 16.8 Å². The van der Waals surface area contributed by atoms with Gasteiger partial charge in [0, 0.05) is 43.7 Å². The van der Waals surface area contributed by atoms with Gasteiger partial charge in [-0.3, -0.25) is 9.69 Å². The van der Waals surface area contributed by atoms with Crippen LogP contribution in [0.15, 0.2) is 65.5 Å². The molecule has 1 aromatic heterocycles. The largest absolute Gasteiger partial charge is 0.487 e. The second-order valence-corrected chi connectivity index (χ2v) is 7.92. The Bertz CT molecular complexity index is 898. The quantitative estimate of drug-likeness (QED) is 0.618. The summed E-state index contributed by atoms with van der Waals surface area (Å²) in [6, 6.07) is 17.9. The van der Waals surface area contributed by atoms with Crippen molar-refractivity contribution in [2.24, 2.45) is 0 Å². The normalized spacial score (nSPS) is 15.1. The van der Waals surface area contributed by atoms with Crippen molar-refractivity contribution in [2.75, 3.05) is 26.2 Å². The third-order valence-corrected chi connectivity index (χ3v) is 5.73. The van der Waals surface area contributed by atoms with Gasteiger partial charge < -0.3 is 9.64 Å². The highest BCUT2D eigenvalue weighted by Crippen LogP contribution is 2.17. The molecule has 0 aliphatic carbocycles. The maximum absolute atomic E-state index is 12.9. The van der Waals surface area contributed by atoms with E-state index < -0.39 is 0 Å². The first-order valence-corrected chi connectivity index (χ1v) is 10.9. The summed E-state index contributed by atoms with van der Waals surface area (Å²) >= 11 is 1.55. The molecule has 1 fully saturated rings. The molecule has 0 atom stereocenters. The third-order valence-electron chi connectivity index (χ3n) is 5.10. The van der Waals surface area contributed by atoms with Gasteiger partial charge in [0.15, 0.2) is 0 Å². The van der Waals surface area contributed by atoms with Gasteiger partial charge in [0.25, 0.3) is 5.91 Å². The summed E-state index contributed by atoms with van der Waals surface area (Å²) in [4.78, 5) is 21.5. The molecule has 3 aromatic rings. The van der Waals surface area contributed by atoms with Crippen LogP contribution >= 0.6 is 11.3 Å². The zero-order valence-electron chi connectivity index (χ0n) is 16.4. The molecule has 1 aliphatic rings. The smallest absolute Gasteiger partial charge is 0.253 e. The summed E-state index contributed by atoms with van der Waals surface area (Å²) in [7, 11) is 0. The van der Waals surface area contributed by atoms with E-state index in [9.17, 15) is 4.79 Å². The van der Waals surface area contributed by atoms with Gasteiger partial charge in [-0.05, 0) is 36.2 Å². The van der Waals surface area contributed by atoms with Crippen molar-refractivity contribution in [3.05, 3.63) is 82.3 Å². The molecule has 1 amide bonds. The minimum Gasteiger partial charge on any atom is -0.487 e. The van der Waals surface area contributed by atoms with Crippen LogP contribution in [-0.4, -0.2) is 46.9 Å². The van der Waals surface area contributed by atoms with Crippen molar-refractivity contribution >= 4 is 17.2 Å². The molecule has 0 spiro atoms. The van der Waals surface area contributed by atoms with Crippen LogP contribution in [0.25, 0.3) is 0 Å². The van der Waals surface area contributed by atoms with Crippen LogP contribution in [0.5, 0.6) is 5.75 Å². The van der Waals surface area contributed by atoms with E-state index in [1.165, 1.54) is 5.56 Å². The molecule has 1 saturated heterocycles. The standard InChI is InChI=1S/C23H25N3O2S/c27-23(20-7-9-22(10-8-20)28-16-21-17-29-18-24-21)26-12-4-11-25(13-14-26)15-19-5-2-1-3-6-19/h1-3,5-10,17-18H,4,11-16H2. The van der Waals surface area contributed by atoms with Crippen LogP contribution < -0.4 is 4.74 Å². The van der Waals surface area contributed by atoms with Crippen molar-refractivity contribution in [3.63, 3.8) is 0 Å². The number of aromatic nitrogens is 1. The summed E-state index contributed by atoms with van der Waals surface area (Å²) in [6.07, 6.45) is 0.993. The molecule has 6 heteroatoms. The Balaban J connectivity index is 1.30. The van der Waals surface area contributed by atoms with Crippen molar-refractivity contribution < 1.29 is 9.53 Å². The highest BCUT2D eigenvalue weighted by Gasteiger charge is 2.20. The highest BCUT2D eigenvalue weighted by atomic mass is 32.1. The number of ether oxygens (including phenoxy) is 1. The minimum absolute atomic E-state index is 0.0950.